The zero-order chi connectivity index (χ0) is 24.4. The van der Waals surface area contributed by atoms with Crippen LogP contribution >= 0.6 is 0 Å². The van der Waals surface area contributed by atoms with Crippen molar-refractivity contribution < 1.29 is 29.0 Å². The molecule has 0 aliphatic carbocycles. The molecule has 1 N–H and O–H groups in total. The lowest BCUT2D eigenvalue weighted by Crippen LogP contribution is -2.29. The smallest absolute Gasteiger partial charge is 0.308 e. The molecule has 34 heavy (non-hydrogen) atoms. The van der Waals surface area contributed by atoms with E-state index in [0.717, 1.165) is 5.56 Å². The first-order chi connectivity index (χ1) is 16.3. The molecule has 0 aromatic heterocycles. The van der Waals surface area contributed by atoms with Crippen LogP contribution in [-0.4, -0.2) is 29.9 Å². The number of Topliss-reactive ketones (excluding diaryl/α,β-unsaturated/α-hetero) is 1. The van der Waals surface area contributed by atoms with Gasteiger partial charge in [-0.05, 0) is 48.9 Å². The van der Waals surface area contributed by atoms with Gasteiger partial charge in [0.2, 0.25) is 0 Å². The molecule has 0 spiro atoms. The number of methoxy groups -OCH3 is 1. The number of rotatable bonds is 5. The fourth-order valence-corrected chi connectivity index (χ4v) is 3.91. The molecule has 1 atom stereocenters. The number of aliphatic hydroxyl groups excluding tert-OH is 1. The van der Waals surface area contributed by atoms with E-state index < -0.39 is 23.7 Å². The topological polar surface area (TPSA) is 93.1 Å². The molecule has 0 bridgehead atoms. The number of ketones is 1. The number of anilines is 1. The molecule has 1 aliphatic rings. The largest absolute Gasteiger partial charge is 0.507 e. The SMILES string of the molecule is COc1ccc(N2C(=O)C(=O)/C(=C(/O)c3ccc(C)cc3)C2c2ccc(OC(C)=O)cc2)cc1. The van der Waals surface area contributed by atoms with Crippen LogP contribution in [0.3, 0.4) is 0 Å². The molecule has 0 saturated carbocycles. The number of amides is 1. The predicted molar refractivity (Wildman–Crippen MR) is 127 cm³/mol. The van der Waals surface area contributed by atoms with Gasteiger partial charge in [-0.25, -0.2) is 0 Å². The quantitative estimate of drug-likeness (QED) is 0.199. The van der Waals surface area contributed by atoms with E-state index in [2.05, 4.69) is 0 Å². The average molecular weight is 457 g/mol. The Morgan fingerprint density at radius 1 is 0.882 bits per heavy atom. The Bertz CT molecular complexity index is 1270. The molecule has 172 valence electrons. The number of benzene rings is 3. The van der Waals surface area contributed by atoms with Crippen molar-refractivity contribution in [1.82, 2.24) is 0 Å². The second-order valence-corrected chi connectivity index (χ2v) is 7.90. The molecule has 1 aliphatic heterocycles. The Morgan fingerprint density at radius 2 is 1.47 bits per heavy atom. The minimum absolute atomic E-state index is 0.0232. The lowest BCUT2D eigenvalue weighted by molar-refractivity contribution is -0.132. The standard InChI is InChI=1S/C27H23NO6/c1-16-4-6-19(7-5-16)25(30)23-24(18-8-12-22(13-9-18)34-17(2)29)28(27(32)26(23)31)20-10-14-21(33-3)15-11-20/h4-15,24,30H,1-3H3/b25-23+. The van der Waals surface area contributed by atoms with Crippen LogP contribution < -0.4 is 14.4 Å². The number of carbonyl (C=O) groups excluding carboxylic acids is 3. The van der Waals surface area contributed by atoms with Crippen LogP contribution in [-0.2, 0) is 14.4 Å². The van der Waals surface area contributed by atoms with Crippen molar-refractivity contribution in [3.63, 3.8) is 0 Å². The van der Waals surface area contributed by atoms with Crippen molar-refractivity contribution in [3.8, 4) is 11.5 Å². The molecular weight excluding hydrogens is 434 g/mol. The fourth-order valence-electron chi connectivity index (χ4n) is 3.91. The van der Waals surface area contributed by atoms with Gasteiger partial charge >= 0.3 is 5.97 Å². The Labute approximate surface area is 196 Å². The maximum absolute atomic E-state index is 13.2. The van der Waals surface area contributed by atoms with E-state index >= 15 is 0 Å². The van der Waals surface area contributed by atoms with Crippen LogP contribution in [0, 0.1) is 6.92 Å². The van der Waals surface area contributed by atoms with E-state index in [0.29, 0.717) is 28.3 Å². The van der Waals surface area contributed by atoms with E-state index in [1.165, 1.54) is 18.9 Å². The van der Waals surface area contributed by atoms with E-state index in [9.17, 15) is 19.5 Å². The molecule has 3 aromatic carbocycles. The zero-order valence-corrected chi connectivity index (χ0v) is 18.9. The molecule has 1 saturated heterocycles. The summed E-state index contributed by atoms with van der Waals surface area (Å²) in [6.45, 7) is 3.21. The lowest BCUT2D eigenvalue weighted by Gasteiger charge is -2.25. The highest BCUT2D eigenvalue weighted by Crippen LogP contribution is 2.42. The molecular formula is C27H23NO6. The minimum Gasteiger partial charge on any atom is -0.507 e. The summed E-state index contributed by atoms with van der Waals surface area (Å²) >= 11 is 0. The number of nitrogens with zero attached hydrogens (tertiary/aromatic N) is 1. The van der Waals surface area contributed by atoms with Gasteiger partial charge in [-0.3, -0.25) is 19.3 Å². The number of aryl methyl sites for hydroxylation is 1. The first-order valence-corrected chi connectivity index (χ1v) is 10.6. The Morgan fingerprint density at radius 3 is 2.03 bits per heavy atom. The Kier molecular flexibility index (Phi) is 6.19. The zero-order valence-electron chi connectivity index (χ0n) is 18.9. The van der Waals surface area contributed by atoms with Gasteiger partial charge in [-0.15, -0.1) is 0 Å². The molecule has 1 heterocycles. The van der Waals surface area contributed by atoms with Gasteiger partial charge in [0, 0.05) is 18.2 Å². The van der Waals surface area contributed by atoms with Crippen LogP contribution in [0.15, 0.2) is 78.4 Å². The van der Waals surface area contributed by atoms with Crippen LogP contribution in [0.25, 0.3) is 5.76 Å². The van der Waals surface area contributed by atoms with Gasteiger partial charge in [0.15, 0.2) is 0 Å². The van der Waals surface area contributed by atoms with Gasteiger partial charge in [-0.1, -0.05) is 42.0 Å². The fraction of sp³-hybridized carbons (Fsp3) is 0.148. The summed E-state index contributed by atoms with van der Waals surface area (Å²) in [5.41, 5.74) is 2.44. The third kappa shape index (κ3) is 4.28. The molecule has 1 amide bonds. The first kappa shape index (κ1) is 22.8. The van der Waals surface area contributed by atoms with Gasteiger partial charge in [0.1, 0.15) is 17.3 Å². The number of aliphatic hydroxyl groups is 1. The molecule has 1 unspecified atom stereocenters. The normalized spacial score (nSPS) is 17.0. The van der Waals surface area contributed by atoms with Crippen LogP contribution in [0.4, 0.5) is 5.69 Å². The summed E-state index contributed by atoms with van der Waals surface area (Å²) in [6, 6.07) is 19.4. The van der Waals surface area contributed by atoms with Crippen molar-refractivity contribution in [1.29, 1.82) is 0 Å². The van der Waals surface area contributed by atoms with Gasteiger partial charge < -0.3 is 14.6 Å². The molecule has 7 heteroatoms. The number of carbonyl (C=O) groups is 3. The van der Waals surface area contributed by atoms with Crippen LogP contribution in [0.1, 0.15) is 29.7 Å². The predicted octanol–water partition coefficient (Wildman–Crippen LogP) is 4.56. The molecule has 1 fully saturated rings. The molecule has 7 nitrogen and oxygen atoms in total. The first-order valence-electron chi connectivity index (χ1n) is 10.6. The molecule has 0 radical (unpaired) electrons. The maximum Gasteiger partial charge on any atom is 0.308 e. The second-order valence-electron chi connectivity index (χ2n) is 7.90. The van der Waals surface area contributed by atoms with Crippen molar-refractivity contribution >= 4 is 29.1 Å². The summed E-state index contributed by atoms with van der Waals surface area (Å²) in [7, 11) is 1.54. The summed E-state index contributed by atoms with van der Waals surface area (Å²) in [5, 5.41) is 11.1. The highest BCUT2D eigenvalue weighted by atomic mass is 16.5. The van der Waals surface area contributed by atoms with E-state index in [4.69, 9.17) is 9.47 Å². The molecule has 3 aromatic rings. The highest BCUT2D eigenvalue weighted by Gasteiger charge is 2.47. The van der Waals surface area contributed by atoms with Crippen LogP contribution in [0.5, 0.6) is 11.5 Å². The van der Waals surface area contributed by atoms with Crippen molar-refractivity contribution in [3.05, 3.63) is 95.1 Å². The third-order valence-electron chi connectivity index (χ3n) is 5.58. The Hall–Kier alpha value is -4.39. The summed E-state index contributed by atoms with van der Waals surface area (Å²) < 4.78 is 10.3. The average Bonchev–Trinajstić information content (AvgIpc) is 3.09. The Balaban J connectivity index is 1.87. The van der Waals surface area contributed by atoms with Gasteiger partial charge in [-0.2, -0.15) is 0 Å². The summed E-state index contributed by atoms with van der Waals surface area (Å²) in [5.74, 6) is -1.34. The monoisotopic (exact) mass is 457 g/mol. The highest BCUT2D eigenvalue weighted by molar-refractivity contribution is 6.51. The third-order valence-corrected chi connectivity index (χ3v) is 5.58. The molecule has 4 rings (SSSR count). The van der Waals surface area contributed by atoms with Crippen molar-refractivity contribution in [2.24, 2.45) is 0 Å². The lowest BCUT2D eigenvalue weighted by atomic mass is 9.95. The van der Waals surface area contributed by atoms with E-state index in [1.54, 1.807) is 60.7 Å². The van der Waals surface area contributed by atoms with Crippen molar-refractivity contribution in [2.75, 3.05) is 12.0 Å². The van der Waals surface area contributed by atoms with Gasteiger partial charge in [0.05, 0.1) is 18.7 Å². The number of hydrogen-bond donors (Lipinski definition) is 1. The number of ether oxygens (including phenoxy) is 2. The minimum atomic E-state index is -0.888. The van der Waals surface area contributed by atoms with E-state index in [-0.39, 0.29) is 11.3 Å². The number of hydrogen-bond acceptors (Lipinski definition) is 6. The second kappa shape index (κ2) is 9.23. The summed E-state index contributed by atoms with van der Waals surface area (Å²) in [6.07, 6.45) is 0. The van der Waals surface area contributed by atoms with E-state index in [1.807, 2.05) is 19.1 Å². The number of esters is 1. The van der Waals surface area contributed by atoms with Crippen LogP contribution in [0.2, 0.25) is 0 Å². The maximum atomic E-state index is 13.2. The summed E-state index contributed by atoms with van der Waals surface area (Å²) in [4.78, 5) is 39.0. The van der Waals surface area contributed by atoms with Gasteiger partial charge in [0.25, 0.3) is 11.7 Å². The van der Waals surface area contributed by atoms with Crippen molar-refractivity contribution in [2.45, 2.75) is 19.9 Å².